The summed E-state index contributed by atoms with van der Waals surface area (Å²) < 4.78 is 14.4. The number of nitrogens with two attached hydrogens (primary N) is 1. The van der Waals surface area contributed by atoms with Crippen molar-refractivity contribution in [1.82, 2.24) is 0 Å². The van der Waals surface area contributed by atoms with E-state index >= 15 is 0 Å². The Morgan fingerprint density at radius 1 is 1.31 bits per heavy atom. The number of benzene rings is 1. The maximum atomic E-state index is 13.6. The van der Waals surface area contributed by atoms with Crippen molar-refractivity contribution in [2.24, 2.45) is 11.7 Å². The second-order valence-electron chi connectivity index (χ2n) is 4.16. The Morgan fingerprint density at radius 3 is 2.44 bits per heavy atom. The minimum absolute atomic E-state index is 0.215. The maximum Gasteiger partial charge on any atom is 0.129 e. The minimum Gasteiger partial charge on any atom is -0.324 e. The van der Waals surface area contributed by atoms with Gasteiger partial charge in [-0.15, -0.1) is 0 Å². The van der Waals surface area contributed by atoms with Crippen LogP contribution in [0.3, 0.4) is 0 Å². The summed E-state index contributed by atoms with van der Waals surface area (Å²) in [5.74, 6) is 0.356. The molecule has 1 atom stereocenters. The first-order valence-corrected chi connectivity index (χ1v) is 6.58. The molecular formula is C13H19BrFN. The van der Waals surface area contributed by atoms with Crippen LogP contribution in [0.4, 0.5) is 4.39 Å². The fraction of sp³-hybridized carbons (Fsp3) is 0.538. The lowest BCUT2D eigenvalue weighted by Gasteiger charge is -2.20. The van der Waals surface area contributed by atoms with Gasteiger partial charge in [0.05, 0.1) is 0 Å². The standard InChI is InChI=1S/C13H19BrFN/c1-3-9(4-2)8-12(16)13-10(14)6-5-7-11(13)15/h5-7,9,12H,3-4,8,16H2,1-2H3. The van der Waals surface area contributed by atoms with Crippen LogP contribution in [0, 0.1) is 11.7 Å². The number of rotatable bonds is 5. The molecule has 1 aromatic carbocycles. The van der Waals surface area contributed by atoms with Crippen molar-refractivity contribution in [2.75, 3.05) is 0 Å². The summed E-state index contributed by atoms with van der Waals surface area (Å²) in [6, 6.07) is 4.77. The highest BCUT2D eigenvalue weighted by molar-refractivity contribution is 9.10. The fourth-order valence-corrected chi connectivity index (χ4v) is 2.60. The Labute approximate surface area is 105 Å². The first-order valence-electron chi connectivity index (χ1n) is 5.79. The van der Waals surface area contributed by atoms with Crippen LogP contribution in [0.1, 0.15) is 44.7 Å². The number of halogens is 2. The van der Waals surface area contributed by atoms with Crippen molar-refractivity contribution in [1.29, 1.82) is 0 Å². The molecule has 0 saturated carbocycles. The molecule has 1 nitrogen and oxygen atoms in total. The molecule has 0 amide bonds. The Balaban J connectivity index is 2.83. The molecule has 0 spiro atoms. The molecule has 3 heteroatoms. The largest absolute Gasteiger partial charge is 0.324 e. The van der Waals surface area contributed by atoms with Crippen LogP contribution in [-0.2, 0) is 0 Å². The highest BCUT2D eigenvalue weighted by Gasteiger charge is 2.17. The van der Waals surface area contributed by atoms with Gasteiger partial charge in [-0.3, -0.25) is 0 Å². The van der Waals surface area contributed by atoms with E-state index in [1.54, 1.807) is 6.07 Å². The van der Waals surface area contributed by atoms with Gasteiger partial charge in [0.1, 0.15) is 5.82 Å². The van der Waals surface area contributed by atoms with Gasteiger partial charge < -0.3 is 5.73 Å². The molecule has 1 unspecified atom stereocenters. The average molecular weight is 288 g/mol. The molecular weight excluding hydrogens is 269 g/mol. The molecule has 0 aliphatic carbocycles. The normalized spacial score (nSPS) is 13.1. The first kappa shape index (κ1) is 13.7. The minimum atomic E-state index is -0.222. The third-order valence-electron chi connectivity index (χ3n) is 3.11. The second kappa shape index (κ2) is 6.36. The molecule has 0 saturated heterocycles. The van der Waals surface area contributed by atoms with Crippen LogP contribution in [0.2, 0.25) is 0 Å². The van der Waals surface area contributed by atoms with Crippen molar-refractivity contribution in [3.05, 3.63) is 34.1 Å². The predicted octanol–water partition coefficient (Wildman–Crippen LogP) is 4.41. The van der Waals surface area contributed by atoms with Gasteiger partial charge in [0.15, 0.2) is 0 Å². The zero-order chi connectivity index (χ0) is 12.1. The molecule has 0 heterocycles. The Hall–Kier alpha value is -0.410. The molecule has 2 N–H and O–H groups in total. The van der Waals surface area contributed by atoms with E-state index in [2.05, 4.69) is 29.8 Å². The molecule has 0 aromatic heterocycles. The van der Waals surface area contributed by atoms with E-state index in [0.29, 0.717) is 11.5 Å². The second-order valence-corrected chi connectivity index (χ2v) is 5.01. The van der Waals surface area contributed by atoms with Crippen LogP contribution in [0.5, 0.6) is 0 Å². The summed E-state index contributed by atoms with van der Waals surface area (Å²) >= 11 is 3.36. The van der Waals surface area contributed by atoms with Crippen molar-refractivity contribution in [3.8, 4) is 0 Å². The molecule has 0 fully saturated rings. The number of hydrogen-bond donors (Lipinski definition) is 1. The third-order valence-corrected chi connectivity index (χ3v) is 3.80. The van der Waals surface area contributed by atoms with Gasteiger partial charge in [0, 0.05) is 16.1 Å². The zero-order valence-electron chi connectivity index (χ0n) is 9.84. The van der Waals surface area contributed by atoms with Gasteiger partial charge in [-0.2, -0.15) is 0 Å². The predicted molar refractivity (Wildman–Crippen MR) is 69.7 cm³/mol. The highest BCUT2D eigenvalue weighted by atomic mass is 79.9. The van der Waals surface area contributed by atoms with Crippen LogP contribution in [0.25, 0.3) is 0 Å². The molecule has 0 radical (unpaired) electrons. The molecule has 0 bridgehead atoms. The van der Waals surface area contributed by atoms with E-state index in [0.717, 1.165) is 23.7 Å². The van der Waals surface area contributed by atoms with Gasteiger partial charge in [-0.25, -0.2) is 4.39 Å². The van der Waals surface area contributed by atoms with Crippen LogP contribution >= 0.6 is 15.9 Å². The third kappa shape index (κ3) is 3.29. The van der Waals surface area contributed by atoms with E-state index in [4.69, 9.17) is 5.73 Å². The first-order chi connectivity index (χ1) is 7.60. The molecule has 90 valence electrons. The Bertz CT molecular complexity index is 316. The van der Waals surface area contributed by atoms with Gasteiger partial charge in [-0.1, -0.05) is 48.7 Å². The number of hydrogen-bond acceptors (Lipinski definition) is 1. The monoisotopic (exact) mass is 287 g/mol. The van der Waals surface area contributed by atoms with Crippen molar-refractivity contribution in [3.63, 3.8) is 0 Å². The summed E-state index contributed by atoms with van der Waals surface area (Å²) in [5, 5.41) is 0. The summed E-state index contributed by atoms with van der Waals surface area (Å²) in [7, 11) is 0. The summed E-state index contributed by atoms with van der Waals surface area (Å²) in [6.45, 7) is 4.30. The van der Waals surface area contributed by atoms with E-state index in [1.165, 1.54) is 6.07 Å². The van der Waals surface area contributed by atoms with Crippen LogP contribution < -0.4 is 5.73 Å². The molecule has 1 rings (SSSR count). The lowest BCUT2D eigenvalue weighted by molar-refractivity contribution is 0.407. The smallest absolute Gasteiger partial charge is 0.129 e. The van der Waals surface area contributed by atoms with Gasteiger partial charge in [-0.05, 0) is 24.5 Å². The quantitative estimate of drug-likeness (QED) is 0.853. The zero-order valence-corrected chi connectivity index (χ0v) is 11.4. The summed E-state index contributed by atoms with van der Waals surface area (Å²) in [5.41, 5.74) is 6.68. The maximum absolute atomic E-state index is 13.6. The molecule has 0 aliphatic heterocycles. The van der Waals surface area contributed by atoms with E-state index in [-0.39, 0.29) is 11.9 Å². The summed E-state index contributed by atoms with van der Waals surface area (Å²) in [6.07, 6.45) is 3.03. The fourth-order valence-electron chi connectivity index (χ4n) is 1.96. The Kier molecular flexibility index (Phi) is 5.42. The van der Waals surface area contributed by atoms with Gasteiger partial charge in [0.25, 0.3) is 0 Å². The van der Waals surface area contributed by atoms with Gasteiger partial charge >= 0.3 is 0 Å². The molecule has 16 heavy (non-hydrogen) atoms. The lowest BCUT2D eigenvalue weighted by atomic mass is 9.91. The van der Waals surface area contributed by atoms with Gasteiger partial charge in [0.2, 0.25) is 0 Å². The average Bonchev–Trinajstić information content (AvgIpc) is 2.25. The highest BCUT2D eigenvalue weighted by Crippen LogP contribution is 2.30. The van der Waals surface area contributed by atoms with E-state index < -0.39 is 0 Å². The van der Waals surface area contributed by atoms with Crippen molar-refractivity contribution < 1.29 is 4.39 Å². The van der Waals surface area contributed by atoms with Crippen molar-refractivity contribution in [2.45, 2.75) is 39.2 Å². The van der Waals surface area contributed by atoms with Crippen LogP contribution in [-0.4, -0.2) is 0 Å². The summed E-state index contributed by atoms with van der Waals surface area (Å²) in [4.78, 5) is 0. The van der Waals surface area contributed by atoms with E-state index in [1.807, 2.05) is 6.07 Å². The van der Waals surface area contributed by atoms with E-state index in [9.17, 15) is 4.39 Å². The Morgan fingerprint density at radius 2 is 1.94 bits per heavy atom. The SMILES string of the molecule is CCC(CC)CC(N)c1c(F)cccc1Br. The molecule has 0 aliphatic rings. The van der Waals surface area contributed by atoms with Crippen LogP contribution in [0.15, 0.2) is 22.7 Å². The lowest BCUT2D eigenvalue weighted by Crippen LogP contribution is -2.17. The topological polar surface area (TPSA) is 26.0 Å². The van der Waals surface area contributed by atoms with Crippen molar-refractivity contribution >= 4 is 15.9 Å². The molecule has 1 aromatic rings.